The fourth-order valence-electron chi connectivity index (χ4n) is 5.13. The molecule has 46 heavy (non-hydrogen) atoms. The summed E-state index contributed by atoms with van der Waals surface area (Å²) < 4.78 is 11.5. The third-order valence-corrected chi connectivity index (χ3v) is 8.07. The monoisotopic (exact) mass is 616 g/mol. The standard InChI is InChI=1S/C42H52N2O2/c1-3-5-31-45-41-27-19-37(20-28-41)33-43-39-23-15-35(16-24-39)13-11-9-7-8-10-12-14-36-17-25-40(26-18-36)44-34-38-21-29-42(30-22-38)46-32-6-4-2/h15-30,33-34H,3-14,31-32H2,1-2H3. The summed E-state index contributed by atoms with van der Waals surface area (Å²) in [5.74, 6) is 1.84. The van der Waals surface area contributed by atoms with Crippen LogP contribution in [-0.4, -0.2) is 25.6 Å². The number of ether oxygens (including phenoxy) is 2. The van der Waals surface area contributed by atoms with Crippen molar-refractivity contribution in [2.24, 2.45) is 9.98 Å². The highest BCUT2D eigenvalue weighted by atomic mass is 16.5. The molecule has 0 heterocycles. The molecule has 242 valence electrons. The van der Waals surface area contributed by atoms with Gasteiger partial charge in [0.25, 0.3) is 0 Å². The van der Waals surface area contributed by atoms with Crippen molar-refractivity contribution in [1.29, 1.82) is 0 Å². The third kappa shape index (κ3) is 13.4. The molecule has 0 atom stereocenters. The van der Waals surface area contributed by atoms with E-state index in [1.807, 2.05) is 36.7 Å². The van der Waals surface area contributed by atoms with Crippen LogP contribution >= 0.6 is 0 Å². The number of benzene rings is 4. The van der Waals surface area contributed by atoms with Crippen LogP contribution in [0.4, 0.5) is 11.4 Å². The van der Waals surface area contributed by atoms with Crippen LogP contribution in [0.15, 0.2) is 107 Å². The fourth-order valence-corrected chi connectivity index (χ4v) is 5.13. The van der Waals surface area contributed by atoms with Crippen LogP contribution in [0.2, 0.25) is 0 Å². The van der Waals surface area contributed by atoms with Gasteiger partial charge in [0.1, 0.15) is 11.5 Å². The van der Waals surface area contributed by atoms with E-state index in [1.54, 1.807) is 0 Å². The molecule has 0 saturated heterocycles. The zero-order chi connectivity index (χ0) is 32.1. The normalized spacial score (nSPS) is 11.4. The van der Waals surface area contributed by atoms with Gasteiger partial charge in [-0.2, -0.15) is 0 Å². The maximum absolute atomic E-state index is 5.74. The Morgan fingerprint density at radius 1 is 0.435 bits per heavy atom. The molecule has 0 N–H and O–H groups in total. The van der Waals surface area contributed by atoms with Crippen molar-refractivity contribution in [1.82, 2.24) is 0 Å². The van der Waals surface area contributed by atoms with Gasteiger partial charge in [-0.3, -0.25) is 9.98 Å². The Bertz CT molecular complexity index is 1310. The second-order valence-electron chi connectivity index (χ2n) is 12.0. The van der Waals surface area contributed by atoms with Gasteiger partial charge >= 0.3 is 0 Å². The molecular weight excluding hydrogens is 564 g/mol. The molecule has 0 radical (unpaired) electrons. The number of aryl methyl sites for hydroxylation is 2. The Kier molecular flexibility index (Phi) is 15.7. The van der Waals surface area contributed by atoms with Gasteiger partial charge in [0.15, 0.2) is 0 Å². The lowest BCUT2D eigenvalue weighted by Crippen LogP contribution is -1.96. The van der Waals surface area contributed by atoms with Gasteiger partial charge in [0, 0.05) is 12.4 Å². The maximum atomic E-state index is 5.74. The van der Waals surface area contributed by atoms with Crippen LogP contribution in [0.5, 0.6) is 11.5 Å². The van der Waals surface area contributed by atoms with E-state index in [0.717, 1.165) is 85.7 Å². The van der Waals surface area contributed by atoms with Crippen molar-refractivity contribution in [3.05, 3.63) is 119 Å². The van der Waals surface area contributed by atoms with Gasteiger partial charge < -0.3 is 9.47 Å². The lowest BCUT2D eigenvalue weighted by Gasteiger charge is -2.05. The van der Waals surface area contributed by atoms with Gasteiger partial charge in [0.05, 0.1) is 24.6 Å². The van der Waals surface area contributed by atoms with Gasteiger partial charge in [-0.1, -0.05) is 76.6 Å². The van der Waals surface area contributed by atoms with Crippen LogP contribution in [0.1, 0.15) is 100 Å². The lowest BCUT2D eigenvalue weighted by molar-refractivity contribution is 0.309. The van der Waals surface area contributed by atoms with Crippen molar-refractivity contribution in [3.8, 4) is 11.5 Å². The summed E-state index contributed by atoms with van der Waals surface area (Å²) in [7, 11) is 0. The van der Waals surface area contributed by atoms with E-state index in [-0.39, 0.29) is 0 Å². The van der Waals surface area contributed by atoms with E-state index in [0.29, 0.717) is 0 Å². The SMILES string of the molecule is CCCCOc1ccc(C=Nc2ccc(CCCCCCCCc3ccc(N=Cc4ccc(OCCCC)cc4)cc3)cc2)cc1. The molecule has 0 aromatic heterocycles. The first-order valence-electron chi connectivity index (χ1n) is 17.4. The van der Waals surface area contributed by atoms with Crippen molar-refractivity contribution in [2.45, 2.75) is 90.9 Å². The topological polar surface area (TPSA) is 43.2 Å². The van der Waals surface area contributed by atoms with Crippen LogP contribution in [0.3, 0.4) is 0 Å². The highest BCUT2D eigenvalue weighted by Gasteiger charge is 1.99. The highest BCUT2D eigenvalue weighted by Crippen LogP contribution is 2.19. The Labute approximate surface area is 277 Å². The molecule has 0 fully saturated rings. The van der Waals surface area contributed by atoms with E-state index < -0.39 is 0 Å². The summed E-state index contributed by atoms with van der Waals surface area (Å²) in [4.78, 5) is 9.29. The van der Waals surface area contributed by atoms with Crippen molar-refractivity contribution >= 4 is 23.8 Å². The van der Waals surface area contributed by atoms with E-state index in [9.17, 15) is 0 Å². The summed E-state index contributed by atoms with van der Waals surface area (Å²) in [6.07, 6.45) is 18.3. The number of hydrogen-bond acceptors (Lipinski definition) is 4. The molecule has 0 saturated carbocycles. The van der Waals surface area contributed by atoms with Crippen LogP contribution in [0.25, 0.3) is 0 Å². The molecular formula is C42H52N2O2. The molecule has 0 spiro atoms. The summed E-state index contributed by atoms with van der Waals surface area (Å²) in [5.41, 5.74) is 6.93. The van der Waals surface area contributed by atoms with Crippen LogP contribution in [0, 0.1) is 0 Å². The second-order valence-corrected chi connectivity index (χ2v) is 12.0. The molecule has 0 aliphatic rings. The molecule has 0 bridgehead atoms. The van der Waals surface area contributed by atoms with Gasteiger partial charge in [-0.05, 0) is 134 Å². The molecule has 4 nitrogen and oxygen atoms in total. The van der Waals surface area contributed by atoms with E-state index in [2.05, 4.69) is 96.6 Å². The predicted octanol–water partition coefficient (Wildman–Crippen LogP) is 11.7. The van der Waals surface area contributed by atoms with Gasteiger partial charge in [-0.25, -0.2) is 0 Å². The molecule has 0 amide bonds. The zero-order valence-electron chi connectivity index (χ0n) is 28.0. The predicted molar refractivity (Wildman–Crippen MR) is 196 cm³/mol. The van der Waals surface area contributed by atoms with Crippen molar-refractivity contribution in [3.63, 3.8) is 0 Å². The van der Waals surface area contributed by atoms with E-state index in [1.165, 1.54) is 49.7 Å². The third-order valence-electron chi connectivity index (χ3n) is 8.07. The minimum absolute atomic E-state index is 0.775. The summed E-state index contributed by atoms with van der Waals surface area (Å²) in [6, 6.07) is 33.6. The quantitative estimate of drug-likeness (QED) is 0.0690. The number of unbranched alkanes of at least 4 members (excludes halogenated alkanes) is 7. The molecule has 4 heteroatoms. The van der Waals surface area contributed by atoms with Gasteiger partial charge in [-0.15, -0.1) is 0 Å². The summed E-state index contributed by atoms with van der Waals surface area (Å²) >= 11 is 0. The van der Waals surface area contributed by atoms with Gasteiger partial charge in [0.2, 0.25) is 0 Å². The largest absolute Gasteiger partial charge is 0.494 e. The average molecular weight is 617 g/mol. The minimum Gasteiger partial charge on any atom is -0.494 e. The number of hydrogen-bond donors (Lipinski definition) is 0. The first kappa shape index (κ1) is 34.7. The van der Waals surface area contributed by atoms with Crippen LogP contribution < -0.4 is 9.47 Å². The molecule has 4 aromatic rings. The molecule has 0 aliphatic carbocycles. The smallest absolute Gasteiger partial charge is 0.119 e. The van der Waals surface area contributed by atoms with E-state index >= 15 is 0 Å². The number of nitrogens with zero attached hydrogens (tertiary/aromatic N) is 2. The first-order chi connectivity index (χ1) is 22.7. The van der Waals surface area contributed by atoms with Crippen LogP contribution in [-0.2, 0) is 12.8 Å². The average Bonchev–Trinajstić information content (AvgIpc) is 3.10. The van der Waals surface area contributed by atoms with Crippen molar-refractivity contribution < 1.29 is 9.47 Å². The fraction of sp³-hybridized carbons (Fsp3) is 0.381. The Hall–Kier alpha value is -4.18. The second kappa shape index (κ2) is 20.8. The summed E-state index contributed by atoms with van der Waals surface area (Å²) in [5, 5.41) is 0. The first-order valence-corrected chi connectivity index (χ1v) is 17.4. The maximum Gasteiger partial charge on any atom is 0.119 e. The Balaban J connectivity index is 1.04. The zero-order valence-corrected chi connectivity index (χ0v) is 28.0. The molecule has 0 unspecified atom stereocenters. The summed E-state index contributed by atoms with van der Waals surface area (Å²) in [6.45, 7) is 5.89. The minimum atomic E-state index is 0.775. The molecule has 4 aromatic carbocycles. The number of rotatable bonds is 21. The lowest BCUT2D eigenvalue weighted by atomic mass is 10.0. The highest BCUT2D eigenvalue weighted by molar-refractivity contribution is 5.82. The Morgan fingerprint density at radius 3 is 1.17 bits per heavy atom. The van der Waals surface area contributed by atoms with Crippen molar-refractivity contribution in [2.75, 3.05) is 13.2 Å². The Morgan fingerprint density at radius 2 is 0.804 bits per heavy atom. The molecule has 4 rings (SSSR count). The molecule has 0 aliphatic heterocycles. The van der Waals surface area contributed by atoms with E-state index in [4.69, 9.17) is 9.47 Å². The number of aliphatic imine (C=N–C) groups is 2.